The van der Waals surface area contributed by atoms with Crippen LogP contribution in [0.2, 0.25) is 0 Å². The van der Waals surface area contributed by atoms with Crippen LogP contribution < -0.4 is 15.4 Å². The molecule has 11 heteroatoms. The predicted molar refractivity (Wildman–Crippen MR) is 105 cm³/mol. The van der Waals surface area contributed by atoms with Gasteiger partial charge in [0, 0.05) is 31.5 Å². The summed E-state index contributed by atoms with van der Waals surface area (Å²) in [5, 5.41) is 7.55. The van der Waals surface area contributed by atoms with Gasteiger partial charge in [-0.25, -0.2) is 9.97 Å². The first-order valence-electron chi connectivity index (χ1n) is 7.38. The Hall–Kier alpha value is -1.63. The third kappa shape index (κ3) is 6.94. The van der Waals surface area contributed by atoms with Crippen molar-refractivity contribution < 1.29 is 17.9 Å². The Labute approximate surface area is 170 Å². The first-order valence-corrected chi connectivity index (χ1v) is 8.26. The number of nitrogens with zero attached hydrogens (tertiary/aromatic N) is 3. The molecule has 2 rings (SSSR count). The molecule has 2 aromatic rings. The summed E-state index contributed by atoms with van der Waals surface area (Å²) in [7, 11) is 3.16. The second-order valence-corrected chi connectivity index (χ2v) is 5.84. The smallest absolute Gasteiger partial charge is 0.434 e. The summed E-state index contributed by atoms with van der Waals surface area (Å²) in [4.78, 5) is 11.9. The normalized spacial score (nSPS) is 11.7. The summed E-state index contributed by atoms with van der Waals surface area (Å²) in [5.74, 6) is 1.05. The number of guanidine groups is 1. The molecule has 144 valence electrons. The highest BCUT2D eigenvalue weighted by Gasteiger charge is 2.33. The SMILES string of the molecule is CN=C(NCCc1nc(C(F)(F)F)cs1)NCc1cccc(OC)n1.I. The number of halogens is 4. The average Bonchev–Trinajstić information content (AvgIpc) is 3.07. The van der Waals surface area contributed by atoms with Gasteiger partial charge in [-0.3, -0.25) is 4.99 Å². The maximum Gasteiger partial charge on any atom is 0.434 e. The molecule has 0 bridgehead atoms. The zero-order valence-corrected chi connectivity index (χ0v) is 17.3. The van der Waals surface area contributed by atoms with Gasteiger partial charge in [-0.1, -0.05) is 6.07 Å². The third-order valence-electron chi connectivity index (χ3n) is 3.12. The highest BCUT2D eigenvalue weighted by Crippen LogP contribution is 2.29. The van der Waals surface area contributed by atoms with Crippen molar-refractivity contribution in [2.75, 3.05) is 20.7 Å². The number of alkyl halides is 3. The lowest BCUT2D eigenvalue weighted by molar-refractivity contribution is -0.140. The molecule has 2 aromatic heterocycles. The van der Waals surface area contributed by atoms with Crippen LogP contribution in [0.4, 0.5) is 13.2 Å². The van der Waals surface area contributed by atoms with Crippen molar-refractivity contribution >= 4 is 41.3 Å². The van der Waals surface area contributed by atoms with Gasteiger partial charge >= 0.3 is 6.18 Å². The molecule has 0 amide bonds. The van der Waals surface area contributed by atoms with E-state index in [1.165, 1.54) is 0 Å². The molecule has 0 unspecified atom stereocenters. The van der Waals surface area contributed by atoms with Gasteiger partial charge in [-0.15, -0.1) is 35.3 Å². The Morgan fingerprint density at radius 3 is 2.65 bits per heavy atom. The summed E-state index contributed by atoms with van der Waals surface area (Å²) in [6.45, 7) is 0.850. The van der Waals surface area contributed by atoms with Gasteiger partial charge in [-0.05, 0) is 6.07 Å². The van der Waals surface area contributed by atoms with Crippen molar-refractivity contribution in [3.8, 4) is 5.88 Å². The summed E-state index contributed by atoms with van der Waals surface area (Å²) < 4.78 is 42.6. The topological polar surface area (TPSA) is 71.4 Å². The number of rotatable bonds is 6. The van der Waals surface area contributed by atoms with Crippen LogP contribution in [0.3, 0.4) is 0 Å². The van der Waals surface area contributed by atoms with Crippen LogP contribution in [0.15, 0.2) is 28.6 Å². The number of hydrogen-bond acceptors (Lipinski definition) is 5. The molecular weight excluding hydrogens is 482 g/mol. The Morgan fingerprint density at radius 1 is 1.27 bits per heavy atom. The van der Waals surface area contributed by atoms with Gasteiger partial charge in [0.2, 0.25) is 5.88 Å². The van der Waals surface area contributed by atoms with E-state index in [9.17, 15) is 13.2 Å². The number of aromatic nitrogens is 2. The maximum atomic E-state index is 12.5. The highest BCUT2D eigenvalue weighted by atomic mass is 127. The Morgan fingerprint density at radius 2 is 2.04 bits per heavy atom. The Bertz CT molecular complexity index is 723. The van der Waals surface area contributed by atoms with E-state index in [1.54, 1.807) is 20.2 Å². The molecule has 0 saturated carbocycles. The molecule has 0 fully saturated rings. The average molecular weight is 501 g/mol. The van der Waals surface area contributed by atoms with Crippen molar-refractivity contribution in [1.82, 2.24) is 20.6 Å². The van der Waals surface area contributed by atoms with E-state index in [4.69, 9.17) is 4.74 Å². The lowest BCUT2D eigenvalue weighted by Gasteiger charge is -2.11. The second kappa shape index (κ2) is 10.5. The van der Waals surface area contributed by atoms with E-state index in [0.717, 1.165) is 22.4 Å². The van der Waals surface area contributed by atoms with E-state index >= 15 is 0 Å². The first kappa shape index (κ1) is 22.4. The number of hydrogen-bond donors (Lipinski definition) is 2. The van der Waals surface area contributed by atoms with Crippen molar-refractivity contribution in [3.63, 3.8) is 0 Å². The van der Waals surface area contributed by atoms with Crippen LogP contribution in [-0.2, 0) is 19.1 Å². The van der Waals surface area contributed by atoms with E-state index in [2.05, 4.69) is 25.6 Å². The van der Waals surface area contributed by atoms with E-state index in [-0.39, 0.29) is 24.0 Å². The molecule has 2 heterocycles. The standard InChI is InChI=1S/C15H18F3N5OS.HI/c1-19-14(21-8-10-4-3-5-12(22-10)24-2)20-7-6-13-23-11(9-25-13)15(16,17)18;/h3-5,9H,6-8H2,1-2H3,(H2,19,20,21);1H. The van der Waals surface area contributed by atoms with Crippen molar-refractivity contribution in [2.45, 2.75) is 19.1 Å². The summed E-state index contributed by atoms with van der Waals surface area (Å²) in [6.07, 6.45) is -4.03. The molecule has 0 aliphatic rings. The van der Waals surface area contributed by atoms with Gasteiger partial charge in [-0.2, -0.15) is 13.2 Å². The quantitative estimate of drug-likeness (QED) is 0.362. The van der Waals surface area contributed by atoms with Crippen molar-refractivity contribution in [2.24, 2.45) is 4.99 Å². The van der Waals surface area contributed by atoms with Crippen LogP contribution in [0, 0.1) is 0 Å². The minimum atomic E-state index is -4.40. The number of ether oxygens (including phenoxy) is 1. The number of aliphatic imine (C=N–C) groups is 1. The Kier molecular flexibility index (Phi) is 9.05. The molecule has 0 atom stereocenters. The largest absolute Gasteiger partial charge is 0.481 e. The van der Waals surface area contributed by atoms with E-state index in [1.807, 2.05) is 12.1 Å². The molecule has 2 N–H and O–H groups in total. The first-order chi connectivity index (χ1) is 11.9. The number of nitrogens with one attached hydrogen (secondary N) is 2. The van der Waals surface area contributed by atoms with Crippen molar-refractivity contribution in [3.05, 3.63) is 40.0 Å². The third-order valence-corrected chi connectivity index (χ3v) is 4.03. The fraction of sp³-hybridized carbons (Fsp3) is 0.400. The number of thiazole rings is 1. The molecule has 0 saturated heterocycles. The lowest BCUT2D eigenvalue weighted by Crippen LogP contribution is -2.38. The molecule has 0 radical (unpaired) electrons. The predicted octanol–water partition coefficient (Wildman–Crippen LogP) is 3.09. The number of methoxy groups -OCH3 is 1. The monoisotopic (exact) mass is 501 g/mol. The summed E-state index contributed by atoms with van der Waals surface area (Å²) >= 11 is 0.995. The lowest BCUT2D eigenvalue weighted by atomic mass is 10.3. The Balaban J connectivity index is 0.00000338. The van der Waals surface area contributed by atoms with Gasteiger partial charge in [0.05, 0.1) is 24.4 Å². The van der Waals surface area contributed by atoms with E-state index in [0.29, 0.717) is 36.4 Å². The van der Waals surface area contributed by atoms with Crippen LogP contribution in [0.5, 0.6) is 5.88 Å². The van der Waals surface area contributed by atoms with Crippen molar-refractivity contribution in [1.29, 1.82) is 0 Å². The molecule has 0 spiro atoms. The van der Waals surface area contributed by atoms with Crippen LogP contribution >= 0.6 is 35.3 Å². The summed E-state index contributed by atoms with van der Waals surface area (Å²) in [6, 6.07) is 5.43. The minimum Gasteiger partial charge on any atom is -0.481 e. The second-order valence-electron chi connectivity index (χ2n) is 4.90. The fourth-order valence-corrected chi connectivity index (χ4v) is 2.71. The van der Waals surface area contributed by atoms with Crippen LogP contribution in [0.1, 0.15) is 16.4 Å². The fourth-order valence-electron chi connectivity index (χ4n) is 1.91. The molecule has 0 aromatic carbocycles. The van der Waals surface area contributed by atoms with Gasteiger partial charge in [0.1, 0.15) is 0 Å². The zero-order valence-electron chi connectivity index (χ0n) is 14.1. The van der Waals surface area contributed by atoms with Gasteiger partial charge < -0.3 is 15.4 Å². The summed E-state index contributed by atoms with van der Waals surface area (Å²) in [5.41, 5.74) is -0.0730. The van der Waals surface area contributed by atoms with Crippen LogP contribution in [0.25, 0.3) is 0 Å². The zero-order chi connectivity index (χ0) is 18.3. The molecule has 0 aliphatic carbocycles. The molecule has 6 nitrogen and oxygen atoms in total. The number of pyridine rings is 1. The molecule has 26 heavy (non-hydrogen) atoms. The highest BCUT2D eigenvalue weighted by molar-refractivity contribution is 14.0. The minimum absolute atomic E-state index is 0. The van der Waals surface area contributed by atoms with E-state index < -0.39 is 11.9 Å². The molecular formula is C15H19F3IN5OS. The molecule has 0 aliphatic heterocycles. The van der Waals surface area contributed by atoms with Crippen LogP contribution in [-0.4, -0.2) is 36.6 Å². The van der Waals surface area contributed by atoms with Gasteiger partial charge in [0.15, 0.2) is 11.7 Å². The van der Waals surface area contributed by atoms with Gasteiger partial charge in [0.25, 0.3) is 0 Å². The maximum absolute atomic E-state index is 12.5.